The van der Waals surface area contributed by atoms with E-state index in [4.69, 9.17) is 9.47 Å². The van der Waals surface area contributed by atoms with Crippen LogP contribution in [0.2, 0.25) is 0 Å². The number of methoxy groups -OCH3 is 1. The molecule has 1 aliphatic rings. The lowest BCUT2D eigenvalue weighted by molar-refractivity contribution is -0.140. The summed E-state index contributed by atoms with van der Waals surface area (Å²) in [6.07, 6.45) is 0.654. The summed E-state index contributed by atoms with van der Waals surface area (Å²) < 4.78 is 11.7. The molecule has 9 heteroatoms. The number of amides is 1. The molecule has 0 saturated carbocycles. The number of carbonyl (C=O) groups excluding carboxylic acids is 2. The molecule has 3 rings (SSSR count). The number of phenols is 1. The minimum atomic E-state index is -0.857. The van der Waals surface area contributed by atoms with Gasteiger partial charge in [-0.05, 0) is 68.9 Å². The highest BCUT2D eigenvalue weighted by Crippen LogP contribution is 2.43. The Hall–Kier alpha value is -3.04. The number of halogens is 1. The molecule has 1 saturated heterocycles. The summed E-state index contributed by atoms with van der Waals surface area (Å²) in [5, 5.41) is 21.7. The smallest absolute Gasteiger partial charge is 0.295 e. The van der Waals surface area contributed by atoms with Gasteiger partial charge in [0.1, 0.15) is 11.5 Å². The normalized spacial score (nSPS) is 17.2. The topological polar surface area (TPSA) is 99.5 Å². The van der Waals surface area contributed by atoms with Crippen LogP contribution in [0, 0.1) is 0 Å². The van der Waals surface area contributed by atoms with Gasteiger partial charge in [-0.25, -0.2) is 0 Å². The first-order valence-electron chi connectivity index (χ1n) is 12.1. The molecular weight excluding hydrogens is 528 g/mol. The summed E-state index contributed by atoms with van der Waals surface area (Å²) in [7, 11) is 1.52. The van der Waals surface area contributed by atoms with E-state index < -0.39 is 23.5 Å². The molecule has 2 aromatic carbocycles. The number of likely N-dealkylation sites (tertiary alicyclic amines) is 1. The molecule has 0 bridgehead atoms. The zero-order chi connectivity index (χ0) is 26.4. The molecule has 1 heterocycles. The van der Waals surface area contributed by atoms with E-state index in [2.05, 4.69) is 34.7 Å². The number of Topliss-reactive ketones (excluding diaryl/α,β-unsaturated/α-hetero) is 1. The van der Waals surface area contributed by atoms with E-state index in [9.17, 15) is 19.8 Å². The van der Waals surface area contributed by atoms with Crippen molar-refractivity contribution in [1.82, 2.24) is 9.80 Å². The van der Waals surface area contributed by atoms with Crippen LogP contribution in [-0.2, 0) is 9.59 Å². The molecule has 36 heavy (non-hydrogen) atoms. The van der Waals surface area contributed by atoms with E-state index in [0.29, 0.717) is 41.1 Å². The number of aromatic hydroxyl groups is 1. The second-order valence-electron chi connectivity index (χ2n) is 8.38. The van der Waals surface area contributed by atoms with Gasteiger partial charge in [-0.2, -0.15) is 0 Å². The largest absolute Gasteiger partial charge is 0.507 e. The fourth-order valence-corrected chi connectivity index (χ4v) is 4.79. The Morgan fingerprint density at radius 1 is 1.08 bits per heavy atom. The van der Waals surface area contributed by atoms with Gasteiger partial charge in [0, 0.05) is 11.0 Å². The number of phenolic OH excluding ortho intramolecular Hbond substituents is 1. The highest BCUT2D eigenvalue weighted by Gasteiger charge is 2.46. The summed E-state index contributed by atoms with van der Waals surface area (Å²) >= 11 is 3.33. The van der Waals surface area contributed by atoms with Gasteiger partial charge in [-0.15, -0.1) is 0 Å². The van der Waals surface area contributed by atoms with Crippen molar-refractivity contribution in [3.8, 4) is 17.2 Å². The molecule has 1 amide bonds. The lowest BCUT2D eigenvalue weighted by Crippen LogP contribution is -2.33. The van der Waals surface area contributed by atoms with Crippen molar-refractivity contribution < 1.29 is 29.3 Å². The number of carbonyl (C=O) groups is 2. The van der Waals surface area contributed by atoms with E-state index >= 15 is 0 Å². The van der Waals surface area contributed by atoms with Crippen molar-refractivity contribution in [3.63, 3.8) is 0 Å². The van der Waals surface area contributed by atoms with Gasteiger partial charge in [0.25, 0.3) is 11.7 Å². The average molecular weight is 561 g/mol. The number of rotatable bonds is 11. The van der Waals surface area contributed by atoms with Crippen molar-refractivity contribution in [3.05, 3.63) is 57.6 Å². The first-order chi connectivity index (χ1) is 17.3. The standard InChI is InChI=1S/C27H33BrN2O6/c1-5-29(6-2)13-8-14-30-24(17-9-12-21(36-7-3)22(15-17)35-4)23(26(33)27(30)34)25(32)19-16-18(28)10-11-20(19)31/h9-12,15-16,24,31-32H,5-8,13-14H2,1-4H3/t24-/m0/s1. The third-order valence-electron chi connectivity index (χ3n) is 6.32. The van der Waals surface area contributed by atoms with Gasteiger partial charge < -0.3 is 29.5 Å². The number of nitrogens with zero attached hydrogens (tertiary/aromatic N) is 2. The van der Waals surface area contributed by atoms with Crippen LogP contribution >= 0.6 is 15.9 Å². The van der Waals surface area contributed by atoms with Crippen LogP contribution < -0.4 is 9.47 Å². The lowest BCUT2D eigenvalue weighted by atomic mass is 9.94. The predicted molar refractivity (Wildman–Crippen MR) is 141 cm³/mol. The van der Waals surface area contributed by atoms with Gasteiger partial charge >= 0.3 is 0 Å². The Morgan fingerprint density at radius 2 is 1.81 bits per heavy atom. The molecule has 1 fully saturated rings. The van der Waals surface area contributed by atoms with Crippen LogP contribution in [0.4, 0.5) is 0 Å². The molecule has 2 aromatic rings. The molecule has 0 spiro atoms. The summed E-state index contributed by atoms with van der Waals surface area (Å²) in [4.78, 5) is 30.2. The second kappa shape index (κ2) is 12.3. The molecule has 8 nitrogen and oxygen atoms in total. The maximum Gasteiger partial charge on any atom is 0.295 e. The van der Waals surface area contributed by atoms with Crippen LogP contribution in [0.15, 0.2) is 46.4 Å². The lowest BCUT2D eigenvalue weighted by Gasteiger charge is -2.27. The maximum atomic E-state index is 13.3. The summed E-state index contributed by atoms with van der Waals surface area (Å²) in [6, 6.07) is 8.88. The quantitative estimate of drug-likeness (QED) is 0.233. The van der Waals surface area contributed by atoms with Crippen molar-refractivity contribution in [1.29, 1.82) is 0 Å². The molecule has 0 aromatic heterocycles. The zero-order valence-electron chi connectivity index (χ0n) is 21.1. The Morgan fingerprint density at radius 3 is 2.44 bits per heavy atom. The van der Waals surface area contributed by atoms with Crippen molar-refractivity contribution in [2.45, 2.75) is 33.2 Å². The predicted octanol–water partition coefficient (Wildman–Crippen LogP) is 4.72. The minimum Gasteiger partial charge on any atom is -0.507 e. The van der Waals surface area contributed by atoms with Gasteiger partial charge in [-0.3, -0.25) is 9.59 Å². The van der Waals surface area contributed by atoms with E-state index in [0.717, 1.165) is 19.6 Å². The van der Waals surface area contributed by atoms with E-state index in [1.165, 1.54) is 24.1 Å². The SMILES string of the molecule is CCOc1ccc([C@H]2C(=C(O)c3cc(Br)ccc3O)C(=O)C(=O)N2CCCN(CC)CC)cc1OC. The number of hydrogen-bond acceptors (Lipinski definition) is 7. The number of ether oxygens (including phenoxy) is 2. The number of hydrogen-bond donors (Lipinski definition) is 2. The number of aliphatic hydroxyl groups is 1. The minimum absolute atomic E-state index is 0.0633. The van der Waals surface area contributed by atoms with Crippen LogP contribution in [0.25, 0.3) is 5.76 Å². The van der Waals surface area contributed by atoms with Gasteiger partial charge in [0.05, 0.1) is 30.9 Å². The zero-order valence-corrected chi connectivity index (χ0v) is 22.7. The maximum absolute atomic E-state index is 13.3. The first kappa shape index (κ1) is 27.5. The Kier molecular flexibility index (Phi) is 9.39. The molecule has 1 aliphatic heterocycles. The van der Waals surface area contributed by atoms with E-state index in [-0.39, 0.29) is 16.9 Å². The molecule has 0 aliphatic carbocycles. The number of ketones is 1. The monoisotopic (exact) mass is 560 g/mol. The van der Waals surface area contributed by atoms with Crippen molar-refractivity contribution in [2.75, 3.05) is 39.9 Å². The van der Waals surface area contributed by atoms with Gasteiger partial charge in [-0.1, -0.05) is 35.8 Å². The highest BCUT2D eigenvalue weighted by molar-refractivity contribution is 9.10. The molecule has 194 valence electrons. The molecule has 2 N–H and O–H groups in total. The van der Waals surface area contributed by atoms with Crippen LogP contribution in [0.3, 0.4) is 0 Å². The summed E-state index contributed by atoms with van der Waals surface area (Å²) in [5.74, 6) is -1.14. The highest BCUT2D eigenvalue weighted by atomic mass is 79.9. The number of benzene rings is 2. The first-order valence-corrected chi connectivity index (χ1v) is 12.9. The van der Waals surface area contributed by atoms with Crippen molar-refractivity contribution >= 4 is 33.4 Å². The summed E-state index contributed by atoms with van der Waals surface area (Å²) in [5.41, 5.74) is 0.573. The third kappa shape index (κ3) is 5.68. The fourth-order valence-electron chi connectivity index (χ4n) is 4.43. The molecule has 0 unspecified atom stereocenters. The van der Waals surface area contributed by atoms with Crippen molar-refractivity contribution in [2.24, 2.45) is 0 Å². The van der Waals surface area contributed by atoms with E-state index in [1.54, 1.807) is 24.3 Å². The Balaban J connectivity index is 2.13. The molecule has 1 atom stereocenters. The Bertz CT molecular complexity index is 1150. The Labute approximate surface area is 220 Å². The van der Waals surface area contributed by atoms with Crippen LogP contribution in [-0.4, -0.2) is 71.6 Å². The third-order valence-corrected chi connectivity index (χ3v) is 6.82. The van der Waals surface area contributed by atoms with Gasteiger partial charge in [0.15, 0.2) is 11.5 Å². The summed E-state index contributed by atoms with van der Waals surface area (Å²) in [6.45, 7) is 9.32. The number of aliphatic hydroxyl groups excluding tert-OH is 1. The van der Waals surface area contributed by atoms with E-state index in [1.807, 2.05) is 6.92 Å². The molecular formula is C27H33BrN2O6. The fraction of sp³-hybridized carbons (Fsp3) is 0.407. The average Bonchev–Trinajstić information content (AvgIpc) is 3.13. The van der Waals surface area contributed by atoms with Crippen LogP contribution in [0.1, 0.15) is 44.4 Å². The van der Waals surface area contributed by atoms with Gasteiger partial charge in [0.2, 0.25) is 0 Å². The molecule has 0 radical (unpaired) electrons. The van der Waals surface area contributed by atoms with Crippen LogP contribution in [0.5, 0.6) is 17.2 Å². The second-order valence-corrected chi connectivity index (χ2v) is 9.29.